The summed E-state index contributed by atoms with van der Waals surface area (Å²) in [6.45, 7) is 4.38. The van der Waals surface area contributed by atoms with E-state index in [-0.39, 0.29) is 0 Å². The number of nitrogens with two attached hydrogens (primary N) is 1. The maximum atomic E-state index is 5.97. The Balaban J connectivity index is 2.05. The van der Waals surface area contributed by atoms with Gasteiger partial charge in [0.25, 0.3) is 0 Å². The zero-order chi connectivity index (χ0) is 14.8. The highest BCUT2D eigenvalue weighted by atomic mass is 15.1. The molecule has 2 heterocycles. The fourth-order valence-corrected chi connectivity index (χ4v) is 2.35. The maximum absolute atomic E-state index is 5.97. The molecule has 0 saturated carbocycles. The molecule has 0 aliphatic carbocycles. The number of hydrogen-bond acceptors (Lipinski definition) is 3. The van der Waals surface area contributed by atoms with E-state index in [9.17, 15) is 0 Å². The van der Waals surface area contributed by atoms with Crippen molar-refractivity contribution >= 4 is 5.82 Å². The summed E-state index contributed by atoms with van der Waals surface area (Å²) in [6.07, 6.45) is 5.30. The Labute approximate surface area is 124 Å². The third kappa shape index (κ3) is 2.52. The van der Waals surface area contributed by atoms with E-state index < -0.39 is 0 Å². The topological polar surface area (TPSA) is 56.7 Å². The average Bonchev–Trinajstić information content (AvgIpc) is 2.97. The van der Waals surface area contributed by atoms with Gasteiger partial charge in [-0.3, -0.25) is 4.57 Å². The largest absolute Gasteiger partial charge is 0.383 e. The van der Waals surface area contributed by atoms with Gasteiger partial charge in [0.15, 0.2) is 0 Å². The van der Waals surface area contributed by atoms with E-state index in [2.05, 4.69) is 48.1 Å². The lowest BCUT2D eigenvalue weighted by Crippen LogP contribution is -1.99. The van der Waals surface area contributed by atoms with Gasteiger partial charge in [0.2, 0.25) is 0 Å². The Bertz CT molecular complexity index is 741. The Morgan fingerprint density at radius 1 is 1.10 bits per heavy atom. The number of pyridine rings is 1. The number of anilines is 1. The molecule has 2 aromatic heterocycles. The molecule has 4 nitrogen and oxygen atoms in total. The molecule has 0 bridgehead atoms. The van der Waals surface area contributed by atoms with Gasteiger partial charge in [-0.2, -0.15) is 0 Å². The van der Waals surface area contributed by atoms with Gasteiger partial charge in [0.05, 0.1) is 18.2 Å². The standard InChI is InChI=1S/C17H18N4/c1-12(2)13-5-7-14(8-6-13)21-11-19-10-16(21)15-4-3-9-20-17(15)18/h3-12H,1-2H3,(H2,18,20). The molecule has 106 valence electrons. The second-order valence-electron chi connectivity index (χ2n) is 5.33. The van der Waals surface area contributed by atoms with Crippen LogP contribution in [0.2, 0.25) is 0 Å². The summed E-state index contributed by atoms with van der Waals surface area (Å²) in [5.41, 5.74) is 10.2. The van der Waals surface area contributed by atoms with Crippen LogP contribution in [0.15, 0.2) is 55.1 Å². The SMILES string of the molecule is CC(C)c1ccc(-n2cncc2-c2cccnc2N)cc1. The van der Waals surface area contributed by atoms with Crippen molar-refractivity contribution in [2.45, 2.75) is 19.8 Å². The summed E-state index contributed by atoms with van der Waals surface area (Å²) in [7, 11) is 0. The van der Waals surface area contributed by atoms with Crippen LogP contribution in [0.4, 0.5) is 5.82 Å². The van der Waals surface area contributed by atoms with Crippen LogP contribution in [0.25, 0.3) is 16.9 Å². The van der Waals surface area contributed by atoms with Gasteiger partial charge in [-0.1, -0.05) is 26.0 Å². The van der Waals surface area contributed by atoms with E-state index in [1.54, 1.807) is 12.5 Å². The van der Waals surface area contributed by atoms with Crippen molar-refractivity contribution in [2.24, 2.45) is 0 Å². The van der Waals surface area contributed by atoms with Crippen LogP contribution in [-0.2, 0) is 0 Å². The van der Waals surface area contributed by atoms with Gasteiger partial charge in [-0.15, -0.1) is 0 Å². The second kappa shape index (κ2) is 5.40. The molecule has 4 heteroatoms. The van der Waals surface area contributed by atoms with Crippen LogP contribution in [0.1, 0.15) is 25.3 Å². The molecule has 0 fully saturated rings. The van der Waals surface area contributed by atoms with Crippen molar-refractivity contribution in [2.75, 3.05) is 5.73 Å². The van der Waals surface area contributed by atoms with E-state index in [1.807, 2.05) is 22.9 Å². The van der Waals surface area contributed by atoms with Crippen LogP contribution in [0, 0.1) is 0 Å². The number of hydrogen-bond donors (Lipinski definition) is 1. The fraction of sp³-hybridized carbons (Fsp3) is 0.176. The summed E-state index contributed by atoms with van der Waals surface area (Å²) in [4.78, 5) is 8.40. The summed E-state index contributed by atoms with van der Waals surface area (Å²) < 4.78 is 2.03. The van der Waals surface area contributed by atoms with Crippen molar-refractivity contribution in [3.8, 4) is 16.9 Å². The molecule has 0 amide bonds. The Morgan fingerprint density at radius 2 is 1.86 bits per heavy atom. The molecule has 0 unspecified atom stereocenters. The van der Waals surface area contributed by atoms with Crippen LogP contribution < -0.4 is 5.73 Å². The van der Waals surface area contributed by atoms with Gasteiger partial charge in [0, 0.05) is 17.4 Å². The number of rotatable bonds is 3. The smallest absolute Gasteiger partial charge is 0.132 e. The number of benzene rings is 1. The summed E-state index contributed by atoms with van der Waals surface area (Å²) >= 11 is 0. The number of nitrogens with zero attached hydrogens (tertiary/aromatic N) is 3. The minimum atomic E-state index is 0.512. The van der Waals surface area contributed by atoms with E-state index in [0.717, 1.165) is 16.9 Å². The van der Waals surface area contributed by atoms with Crippen LogP contribution >= 0.6 is 0 Å². The third-order valence-electron chi connectivity index (χ3n) is 3.59. The first kappa shape index (κ1) is 13.4. The Kier molecular flexibility index (Phi) is 3.44. The van der Waals surface area contributed by atoms with Crippen molar-refractivity contribution in [3.63, 3.8) is 0 Å². The van der Waals surface area contributed by atoms with Crippen LogP contribution in [0.5, 0.6) is 0 Å². The molecule has 0 spiro atoms. The zero-order valence-electron chi connectivity index (χ0n) is 12.2. The fourth-order valence-electron chi connectivity index (χ4n) is 2.35. The predicted octanol–water partition coefficient (Wildman–Crippen LogP) is 3.64. The lowest BCUT2D eigenvalue weighted by molar-refractivity contribution is 0.865. The molecule has 0 aliphatic heterocycles. The van der Waals surface area contributed by atoms with E-state index >= 15 is 0 Å². The minimum absolute atomic E-state index is 0.512. The summed E-state index contributed by atoms with van der Waals surface area (Å²) in [6, 6.07) is 12.3. The van der Waals surface area contributed by atoms with Gasteiger partial charge < -0.3 is 5.73 Å². The van der Waals surface area contributed by atoms with Gasteiger partial charge in [0.1, 0.15) is 5.82 Å². The molecule has 0 radical (unpaired) electrons. The molecule has 0 atom stereocenters. The van der Waals surface area contributed by atoms with Crippen LogP contribution in [0.3, 0.4) is 0 Å². The van der Waals surface area contributed by atoms with Crippen molar-refractivity contribution in [1.82, 2.24) is 14.5 Å². The van der Waals surface area contributed by atoms with Gasteiger partial charge in [-0.05, 0) is 35.7 Å². The quantitative estimate of drug-likeness (QED) is 0.795. The molecule has 3 rings (SSSR count). The molecular weight excluding hydrogens is 260 g/mol. The van der Waals surface area contributed by atoms with Crippen molar-refractivity contribution < 1.29 is 0 Å². The van der Waals surface area contributed by atoms with Gasteiger partial charge in [-0.25, -0.2) is 9.97 Å². The maximum Gasteiger partial charge on any atom is 0.132 e. The highest BCUT2D eigenvalue weighted by molar-refractivity contribution is 5.71. The van der Waals surface area contributed by atoms with E-state index in [0.29, 0.717) is 11.7 Å². The zero-order valence-corrected chi connectivity index (χ0v) is 12.2. The predicted molar refractivity (Wildman–Crippen MR) is 85.3 cm³/mol. The Hall–Kier alpha value is -2.62. The highest BCUT2D eigenvalue weighted by Gasteiger charge is 2.10. The molecule has 0 aliphatic rings. The lowest BCUT2D eigenvalue weighted by atomic mass is 10.0. The third-order valence-corrected chi connectivity index (χ3v) is 3.59. The minimum Gasteiger partial charge on any atom is -0.383 e. The molecule has 21 heavy (non-hydrogen) atoms. The number of nitrogen functional groups attached to an aromatic ring is 1. The first-order valence-electron chi connectivity index (χ1n) is 7.00. The first-order chi connectivity index (χ1) is 10.2. The first-order valence-corrected chi connectivity index (χ1v) is 7.00. The Morgan fingerprint density at radius 3 is 2.52 bits per heavy atom. The summed E-state index contributed by atoms with van der Waals surface area (Å²) in [5.74, 6) is 1.04. The molecular formula is C17H18N4. The molecule has 3 aromatic rings. The number of aromatic nitrogens is 3. The van der Waals surface area contributed by atoms with E-state index in [1.165, 1.54) is 5.56 Å². The van der Waals surface area contributed by atoms with Gasteiger partial charge >= 0.3 is 0 Å². The highest BCUT2D eigenvalue weighted by Crippen LogP contribution is 2.26. The average molecular weight is 278 g/mol. The van der Waals surface area contributed by atoms with E-state index in [4.69, 9.17) is 5.73 Å². The molecule has 0 saturated heterocycles. The normalized spacial score (nSPS) is 11.0. The monoisotopic (exact) mass is 278 g/mol. The molecule has 1 aromatic carbocycles. The summed E-state index contributed by atoms with van der Waals surface area (Å²) in [5, 5.41) is 0. The van der Waals surface area contributed by atoms with Crippen LogP contribution in [-0.4, -0.2) is 14.5 Å². The number of imidazole rings is 1. The molecule has 2 N–H and O–H groups in total. The second-order valence-corrected chi connectivity index (χ2v) is 5.33. The lowest BCUT2D eigenvalue weighted by Gasteiger charge is -2.11. The van der Waals surface area contributed by atoms with Crippen molar-refractivity contribution in [1.29, 1.82) is 0 Å². The van der Waals surface area contributed by atoms with Crippen molar-refractivity contribution in [3.05, 3.63) is 60.7 Å².